The monoisotopic (exact) mass is 415 g/mol. The second-order valence-electron chi connectivity index (χ2n) is 6.89. The molecule has 0 spiro atoms. The van der Waals surface area contributed by atoms with Gasteiger partial charge in [-0.2, -0.15) is 0 Å². The van der Waals surface area contributed by atoms with Crippen molar-refractivity contribution < 1.29 is 26.4 Å². The maximum absolute atomic E-state index is 14.5. The van der Waals surface area contributed by atoms with E-state index in [0.717, 1.165) is 19.1 Å². The molecule has 0 bridgehead atoms. The average molecular weight is 415 g/mol. The third-order valence-corrected chi connectivity index (χ3v) is 6.35. The van der Waals surface area contributed by atoms with Crippen LogP contribution in [-0.2, 0) is 23.5 Å². The summed E-state index contributed by atoms with van der Waals surface area (Å²) in [6.07, 6.45) is 0.220. The number of aromatic nitrogens is 1. The molecular weight excluding hydrogens is 395 g/mol. The minimum absolute atomic E-state index is 0.0119. The highest BCUT2D eigenvalue weighted by atomic mass is 32.2. The molecule has 0 radical (unpaired) electrons. The number of rotatable bonds is 3. The number of hydrogen-bond acceptors (Lipinski definition) is 3. The molecule has 1 unspecified atom stereocenters. The van der Waals surface area contributed by atoms with Gasteiger partial charge in [-0.1, -0.05) is 0 Å². The van der Waals surface area contributed by atoms with Crippen molar-refractivity contribution in [3.8, 4) is 0 Å². The van der Waals surface area contributed by atoms with Gasteiger partial charge in [0.15, 0.2) is 5.82 Å². The molecule has 2 atom stereocenters. The first kappa shape index (κ1) is 20.4. The van der Waals surface area contributed by atoms with Gasteiger partial charge in [-0.3, -0.25) is 4.79 Å². The van der Waals surface area contributed by atoms with Gasteiger partial charge in [-0.15, -0.1) is 0 Å². The molecule has 0 saturated carbocycles. The van der Waals surface area contributed by atoms with Gasteiger partial charge in [0.25, 0.3) is 5.91 Å². The number of fused-ring (bicyclic) bond motifs is 1. The summed E-state index contributed by atoms with van der Waals surface area (Å²) >= 11 is 0. The zero-order valence-corrected chi connectivity index (χ0v) is 16.3. The molecule has 2 heterocycles. The van der Waals surface area contributed by atoms with Crippen molar-refractivity contribution in [3.05, 3.63) is 46.8 Å². The molecule has 28 heavy (non-hydrogen) atoms. The number of halogens is 3. The Bertz CT molecular complexity index is 1050. The van der Waals surface area contributed by atoms with Crippen molar-refractivity contribution in [2.24, 2.45) is 7.05 Å². The number of hydrogen-bond donors (Lipinski definition) is 2. The fourth-order valence-corrected chi connectivity index (χ4v) is 4.97. The predicted octanol–water partition coefficient (Wildman–Crippen LogP) is 3.20. The lowest BCUT2D eigenvalue weighted by atomic mass is 10.1. The Labute approximate surface area is 160 Å². The summed E-state index contributed by atoms with van der Waals surface area (Å²) in [6.45, 7) is 2.71. The summed E-state index contributed by atoms with van der Waals surface area (Å²) in [4.78, 5) is 12.8. The van der Waals surface area contributed by atoms with Gasteiger partial charge >= 0.3 is 0 Å². The van der Waals surface area contributed by atoms with Crippen LogP contribution < -0.4 is 10.0 Å². The van der Waals surface area contributed by atoms with E-state index in [-0.39, 0.29) is 22.3 Å². The number of nitrogens with one attached hydrogen (secondary N) is 2. The van der Waals surface area contributed by atoms with Gasteiger partial charge in [-0.05, 0) is 38.8 Å². The SMILES string of the molecule is CC(F)c1c(F)ccc(NC(=O)c2c3c(cn2C)S(=O)(=O)N[C@@H](C)CC3)c1F. The van der Waals surface area contributed by atoms with Crippen molar-refractivity contribution in [3.63, 3.8) is 0 Å². The van der Waals surface area contributed by atoms with Crippen molar-refractivity contribution in [2.45, 2.75) is 43.8 Å². The number of amides is 1. The minimum atomic E-state index is -3.79. The lowest BCUT2D eigenvalue weighted by Crippen LogP contribution is -2.30. The Kier molecular flexibility index (Phi) is 5.28. The maximum Gasteiger partial charge on any atom is 0.272 e. The van der Waals surface area contributed by atoms with Crippen LogP contribution in [0, 0.1) is 11.6 Å². The van der Waals surface area contributed by atoms with Crippen LogP contribution in [0.4, 0.5) is 18.9 Å². The molecule has 3 rings (SSSR count). The van der Waals surface area contributed by atoms with E-state index in [1.165, 1.54) is 17.8 Å². The number of alkyl halides is 1. The van der Waals surface area contributed by atoms with Crippen LogP contribution in [0.5, 0.6) is 0 Å². The van der Waals surface area contributed by atoms with E-state index in [1.54, 1.807) is 6.92 Å². The van der Waals surface area contributed by atoms with E-state index in [9.17, 15) is 26.4 Å². The highest BCUT2D eigenvalue weighted by Crippen LogP contribution is 2.30. The molecule has 1 aliphatic heterocycles. The van der Waals surface area contributed by atoms with E-state index in [4.69, 9.17) is 0 Å². The van der Waals surface area contributed by atoms with E-state index in [1.807, 2.05) is 0 Å². The van der Waals surface area contributed by atoms with Crippen LogP contribution in [0.3, 0.4) is 0 Å². The number of carbonyl (C=O) groups excluding carboxylic acids is 1. The number of nitrogens with zero attached hydrogens (tertiary/aromatic N) is 1. The molecule has 1 amide bonds. The van der Waals surface area contributed by atoms with Gasteiger partial charge in [0.2, 0.25) is 10.0 Å². The topological polar surface area (TPSA) is 80.2 Å². The van der Waals surface area contributed by atoms with E-state index in [2.05, 4.69) is 10.0 Å². The van der Waals surface area contributed by atoms with E-state index in [0.29, 0.717) is 18.4 Å². The van der Waals surface area contributed by atoms with Gasteiger partial charge < -0.3 is 9.88 Å². The Morgan fingerprint density at radius 1 is 1.36 bits per heavy atom. The fourth-order valence-electron chi connectivity index (χ4n) is 3.38. The maximum atomic E-state index is 14.5. The van der Waals surface area contributed by atoms with Crippen LogP contribution in [0.15, 0.2) is 23.2 Å². The first-order valence-electron chi connectivity index (χ1n) is 8.66. The zero-order valence-electron chi connectivity index (χ0n) is 15.5. The second-order valence-corrected chi connectivity index (χ2v) is 8.57. The van der Waals surface area contributed by atoms with E-state index >= 15 is 0 Å². The highest BCUT2D eigenvalue weighted by Gasteiger charge is 2.32. The first-order valence-corrected chi connectivity index (χ1v) is 10.1. The third-order valence-electron chi connectivity index (χ3n) is 4.71. The van der Waals surface area contributed by atoms with Crippen molar-refractivity contribution in [1.82, 2.24) is 9.29 Å². The quantitative estimate of drug-likeness (QED) is 0.808. The molecule has 0 saturated heterocycles. The molecule has 6 nitrogen and oxygen atoms in total. The second kappa shape index (κ2) is 7.25. The summed E-state index contributed by atoms with van der Waals surface area (Å²) < 4.78 is 70.5. The molecule has 1 aromatic heterocycles. The summed E-state index contributed by atoms with van der Waals surface area (Å²) in [7, 11) is -2.29. The standard InChI is InChI=1S/C18H20F3N3O3S/c1-9-4-5-11-14(28(26,27)23-9)8-24(3)17(11)18(25)22-13-7-6-12(20)15(10(2)19)16(13)21/h6-10,23H,4-5H2,1-3H3,(H,22,25)/t9-,10?/m0/s1. The summed E-state index contributed by atoms with van der Waals surface area (Å²) in [5.41, 5.74) is -0.792. The number of anilines is 1. The molecule has 152 valence electrons. The van der Waals surface area contributed by atoms with Crippen LogP contribution in [0.1, 0.15) is 48.1 Å². The Morgan fingerprint density at radius 2 is 2.04 bits per heavy atom. The Balaban J connectivity index is 2.02. The predicted molar refractivity (Wildman–Crippen MR) is 97.4 cm³/mol. The van der Waals surface area contributed by atoms with Crippen LogP contribution in [0.25, 0.3) is 0 Å². The number of carbonyl (C=O) groups is 1. The van der Waals surface area contributed by atoms with Crippen LogP contribution in [0.2, 0.25) is 0 Å². The molecule has 0 aliphatic carbocycles. The number of sulfonamides is 1. The third kappa shape index (κ3) is 3.53. The van der Waals surface area contributed by atoms with Gasteiger partial charge in [0.05, 0.1) is 11.3 Å². The molecule has 2 N–H and O–H groups in total. The molecule has 0 fully saturated rings. The van der Waals surface area contributed by atoms with Gasteiger partial charge in [-0.25, -0.2) is 26.3 Å². The van der Waals surface area contributed by atoms with Crippen LogP contribution >= 0.6 is 0 Å². The van der Waals surface area contributed by atoms with Gasteiger partial charge in [0, 0.05) is 24.8 Å². The number of benzene rings is 1. The molecule has 1 aromatic carbocycles. The van der Waals surface area contributed by atoms with Crippen LogP contribution in [-0.4, -0.2) is 24.9 Å². The van der Waals surface area contributed by atoms with Crippen molar-refractivity contribution >= 4 is 21.6 Å². The van der Waals surface area contributed by atoms with Gasteiger partial charge in [0.1, 0.15) is 22.6 Å². The zero-order chi connectivity index (χ0) is 20.8. The lowest BCUT2D eigenvalue weighted by molar-refractivity contribution is 0.101. The van der Waals surface area contributed by atoms with Crippen molar-refractivity contribution in [2.75, 3.05) is 5.32 Å². The lowest BCUT2D eigenvalue weighted by Gasteiger charge is -2.13. The molecule has 2 aromatic rings. The fraction of sp³-hybridized carbons (Fsp3) is 0.389. The number of aryl methyl sites for hydroxylation is 1. The normalized spacial score (nSPS) is 19.6. The minimum Gasteiger partial charge on any atom is -0.345 e. The smallest absolute Gasteiger partial charge is 0.272 e. The summed E-state index contributed by atoms with van der Waals surface area (Å²) in [5.74, 6) is -3.02. The largest absolute Gasteiger partial charge is 0.345 e. The Hall–Kier alpha value is -2.33. The van der Waals surface area contributed by atoms with E-state index < -0.39 is 39.3 Å². The summed E-state index contributed by atoms with van der Waals surface area (Å²) in [6, 6.07) is 1.56. The molecular formula is C18H20F3N3O3S. The Morgan fingerprint density at radius 3 is 2.68 bits per heavy atom. The average Bonchev–Trinajstić information content (AvgIpc) is 2.87. The molecule has 10 heteroatoms. The highest BCUT2D eigenvalue weighted by molar-refractivity contribution is 7.89. The first-order chi connectivity index (χ1) is 13.0. The molecule has 1 aliphatic rings. The summed E-state index contributed by atoms with van der Waals surface area (Å²) in [5, 5.41) is 2.30. The van der Waals surface area contributed by atoms with Crippen molar-refractivity contribution in [1.29, 1.82) is 0 Å².